The average Bonchev–Trinajstić information content (AvgIpc) is 3.21. The maximum Gasteiger partial charge on any atom is 0.241 e. The highest BCUT2D eigenvalue weighted by atomic mass is 79.9. The number of hydrogen-bond acceptors (Lipinski definition) is 4. The van der Waals surface area contributed by atoms with Crippen LogP contribution in [-0.2, 0) is 10.0 Å². The average molecular weight is 412 g/mol. The van der Waals surface area contributed by atoms with Gasteiger partial charge in [0.15, 0.2) is 0 Å². The van der Waals surface area contributed by atoms with E-state index in [1.54, 1.807) is 46.5 Å². The predicted molar refractivity (Wildman–Crippen MR) is 94.0 cm³/mol. The maximum atomic E-state index is 12.5. The number of hydrogen-bond donors (Lipinski definition) is 1. The second-order valence-electron chi connectivity index (χ2n) is 4.84. The molecule has 0 saturated carbocycles. The van der Waals surface area contributed by atoms with Crippen LogP contribution in [-0.4, -0.2) is 24.7 Å². The molecule has 2 aromatic heterocycles. The van der Waals surface area contributed by atoms with Gasteiger partial charge in [-0.2, -0.15) is 16.4 Å². The number of rotatable bonds is 6. The van der Waals surface area contributed by atoms with E-state index in [2.05, 4.69) is 25.8 Å². The molecule has 1 unspecified atom stereocenters. The van der Waals surface area contributed by atoms with Crippen molar-refractivity contribution in [3.63, 3.8) is 0 Å². The first-order chi connectivity index (χ1) is 11.1. The van der Waals surface area contributed by atoms with Crippen LogP contribution in [0.1, 0.15) is 11.6 Å². The molecule has 0 aliphatic rings. The standard InChI is InChI=1S/C15H14BrN3O2S2/c16-13-4-1-2-5-15(13)23(20,21)18-10-14(12-6-9-22-11-12)19-8-3-7-17-19/h1-9,11,14,18H,10H2. The van der Waals surface area contributed by atoms with E-state index in [0.29, 0.717) is 4.47 Å². The molecule has 0 bridgehead atoms. The quantitative estimate of drug-likeness (QED) is 0.676. The van der Waals surface area contributed by atoms with Crippen LogP contribution in [0.5, 0.6) is 0 Å². The van der Waals surface area contributed by atoms with E-state index in [0.717, 1.165) is 5.56 Å². The van der Waals surface area contributed by atoms with Crippen molar-refractivity contribution in [3.8, 4) is 0 Å². The molecule has 3 rings (SSSR count). The zero-order valence-electron chi connectivity index (χ0n) is 12.0. The largest absolute Gasteiger partial charge is 0.264 e. The summed E-state index contributed by atoms with van der Waals surface area (Å²) in [5.74, 6) is 0. The van der Waals surface area contributed by atoms with Crippen molar-refractivity contribution in [1.82, 2.24) is 14.5 Å². The van der Waals surface area contributed by atoms with Crippen LogP contribution in [0.25, 0.3) is 0 Å². The molecule has 2 heterocycles. The van der Waals surface area contributed by atoms with Gasteiger partial charge in [0.1, 0.15) is 0 Å². The Morgan fingerprint density at radius 3 is 2.74 bits per heavy atom. The molecule has 0 spiro atoms. The molecule has 0 aliphatic heterocycles. The highest BCUT2D eigenvalue weighted by molar-refractivity contribution is 9.10. The van der Waals surface area contributed by atoms with E-state index in [-0.39, 0.29) is 17.5 Å². The van der Waals surface area contributed by atoms with Gasteiger partial charge >= 0.3 is 0 Å². The van der Waals surface area contributed by atoms with E-state index in [1.165, 1.54) is 0 Å². The molecule has 0 radical (unpaired) electrons. The number of benzene rings is 1. The Balaban J connectivity index is 1.84. The van der Waals surface area contributed by atoms with Crippen LogP contribution in [0.2, 0.25) is 0 Å². The molecule has 1 aromatic carbocycles. The summed E-state index contributed by atoms with van der Waals surface area (Å²) in [6.07, 6.45) is 3.51. The predicted octanol–water partition coefficient (Wildman–Crippen LogP) is 3.28. The Kier molecular flexibility index (Phi) is 4.96. The van der Waals surface area contributed by atoms with Crippen LogP contribution < -0.4 is 4.72 Å². The maximum absolute atomic E-state index is 12.5. The van der Waals surface area contributed by atoms with Crippen LogP contribution in [0, 0.1) is 0 Å². The van der Waals surface area contributed by atoms with Gasteiger partial charge in [-0.1, -0.05) is 12.1 Å². The van der Waals surface area contributed by atoms with Crippen LogP contribution in [0.4, 0.5) is 0 Å². The van der Waals surface area contributed by atoms with Crippen molar-refractivity contribution in [1.29, 1.82) is 0 Å². The first-order valence-corrected chi connectivity index (χ1v) is 10.1. The van der Waals surface area contributed by atoms with E-state index in [9.17, 15) is 8.42 Å². The second-order valence-corrected chi connectivity index (χ2v) is 8.21. The minimum Gasteiger partial charge on any atom is -0.264 e. The topological polar surface area (TPSA) is 64.0 Å². The molecule has 0 amide bonds. The number of nitrogens with zero attached hydrogens (tertiary/aromatic N) is 2. The number of halogens is 1. The Labute approximate surface area is 147 Å². The molecule has 5 nitrogen and oxygen atoms in total. The van der Waals surface area contributed by atoms with Crippen molar-refractivity contribution in [2.45, 2.75) is 10.9 Å². The zero-order valence-corrected chi connectivity index (χ0v) is 15.2. The molecule has 0 saturated heterocycles. The number of nitrogens with one attached hydrogen (secondary N) is 1. The van der Waals surface area contributed by atoms with Gasteiger partial charge < -0.3 is 0 Å². The molecule has 8 heteroatoms. The molecule has 1 atom stereocenters. The Bertz CT molecular complexity index is 828. The molecular formula is C15H14BrN3O2S2. The van der Waals surface area contributed by atoms with Crippen LogP contribution in [0.3, 0.4) is 0 Å². The lowest BCUT2D eigenvalue weighted by atomic mass is 10.1. The SMILES string of the molecule is O=S(=O)(NCC(c1ccsc1)n1cccn1)c1ccccc1Br. The van der Waals surface area contributed by atoms with Gasteiger partial charge in [-0.3, -0.25) is 4.68 Å². The number of sulfonamides is 1. The summed E-state index contributed by atoms with van der Waals surface area (Å²) in [5, 5.41) is 8.21. The summed E-state index contributed by atoms with van der Waals surface area (Å²) in [6.45, 7) is 0.224. The summed E-state index contributed by atoms with van der Waals surface area (Å²) in [6, 6.07) is 10.4. The third-order valence-corrected chi connectivity index (χ3v) is 6.50. The zero-order chi connectivity index (χ0) is 16.3. The number of thiophene rings is 1. The first kappa shape index (κ1) is 16.4. The van der Waals surface area contributed by atoms with Gasteiger partial charge in [0.05, 0.1) is 10.9 Å². The van der Waals surface area contributed by atoms with Crippen LogP contribution in [0.15, 0.2) is 68.9 Å². The van der Waals surface area contributed by atoms with Crippen molar-refractivity contribution < 1.29 is 8.42 Å². The van der Waals surface area contributed by atoms with Gasteiger partial charge in [0.2, 0.25) is 10.0 Å². The number of aromatic nitrogens is 2. The van der Waals surface area contributed by atoms with E-state index >= 15 is 0 Å². The van der Waals surface area contributed by atoms with Gasteiger partial charge in [-0.05, 0) is 56.5 Å². The van der Waals surface area contributed by atoms with Crippen molar-refractivity contribution in [2.75, 3.05) is 6.54 Å². The smallest absolute Gasteiger partial charge is 0.241 e. The fourth-order valence-corrected chi connectivity index (χ4v) is 4.97. The van der Waals surface area contributed by atoms with Crippen molar-refractivity contribution in [2.24, 2.45) is 0 Å². The van der Waals surface area contributed by atoms with Gasteiger partial charge in [-0.25, -0.2) is 13.1 Å². The fourth-order valence-electron chi connectivity index (χ4n) is 2.22. The first-order valence-electron chi connectivity index (χ1n) is 6.83. The summed E-state index contributed by atoms with van der Waals surface area (Å²) in [5.41, 5.74) is 1.02. The summed E-state index contributed by atoms with van der Waals surface area (Å²) < 4.78 is 30.0. The normalized spacial score (nSPS) is 13.1. The Morgan fingerprint density at radius 1 is 1.26 bits per heavy atom. The summed E-state index contributed by atoms with van der Waals surface area (Å²) in [7, 11) is -3.60. The molecule has 23 heavy (non-hydrogen) atoms. The second kappa shape index (κ2) is 6.96. The Morgan fingerprint density at radius 2 is 2.09 bits per heavy atom. The van der Waals surface area contributed by atoms with Crippen LogP contribution >= 0.6 is 27.3 Å². The minimum atomic E-state index is -3.60. The lowest BCUT2D eigenvalue weighted by molar-refractivity contribution is 0.506. The molecule has 1 N–H and O–H groups in total. The highest BCUT2D eigenvalue weighted by Crippen LogP contribution is 2.23. The van der Waals surface area contributed by atoms with Gasteiger partial charge in [0.25, 0.3) is 0 Å². The highest BCUT2D eigenvalue weighted by Gasteiger charge is 2.21. The lowest BCUT2D eigenvalue weighted by Gasteiger charge is -2.18. The third-order valence-electron chi connectivity index (χ3n) is 3.37. The lowest BCUT2D eigenvalue weighted by Crippen LogP contribution is -2.31. The van der Waals surface area contributed by atoms with E-state index in [1.807, 2.05) is 29.1 Å². The molecule has 3 aromatic rings. The van der Waals surface area contributed by atoms with Crippen molar-refractivity contribution in [3.05, 3.63) is 69.6 Å². The fraction of sp³-hybridized carbons (Fsp3) is 0.133. The van der Waals surface area contributed by atoms with Gasteiger partial charge in [-0.15, -0.1) is 0 Å². The van der Waals surface area contributed by atoms with Crippen molar-refractivity contribution >= 4 is 37.3 Å². The van der Waals surface area contributed by atoms with Gasteiger partial charge in [0, 0.05) is 23.4 Å². The molecule has 0 fully saturated rings. The monoisotopic (exact) mass is 411 g/mol. The van der Waals surface area contributed by atoms with E-state index < -0.39 is 10.0 Å². The van der Waals surface area contributed by atoms with E-state index in [4.69, 9.17) is 0 Å². The summed E-state index contributed by atoms with van der Waals surface area (Å²) in [4.78, 5) is 0.226. The summed E-state index contributed by atoms with van der Waals surface area (Å²) >= 11 is 4.85. The minimum absolute atomic E-state index is 0.187. The molecule has 0 aliphatic carbocycles. The Hall–Kier alpha value is -1.48. The molecular weight excluding hydrogens is 398 g/mol. The third kappa shape index (κ3) is 3.72. The molecule has 120 valence electrons.